The normalized spacial score (nSPS) is 20.0. The molecule has 0 radical (unpaired) electrons. The molecule has 2 aromatic heterocycles. The quantitative estimate of drug-likeness (QED) is 0.170. The summed E-state index contributed by atoms with van der Waals surface area (Å²) in [5, 5.41) is 1.33. The minimum Gasteiger partial charge on any atom is -0.330 e. The first-order valence-corrected chi connectivity index (χ1v) is 27.7. The first-order valence-electron chi connectivity index (χ1n) is 21.3. The van der Waals surface area contributed by atoms with E-state index >= 15 is 0 Å². The van der Waals surface area contributed by atoms with Gasteiger partial charge < -0.3 is 5.73 Å². The number of sulfonamides is 3. The lowest BCUT2D eigenvalue weighted by Crippen LogP contribution is -2.49. The third kappa shape index (κ3) is 11.7. The van der Waals surface area contributed by atoms with Crippen LogP contribution in [0.2, 0.25) is 10.0 Å². The van der Waals surface area contributed by atoms with Crippen molar-refractivity contribution in [2.75, 3.05) is 84.2 Å². The molecule has 0 saturated carbocycles. The van der Waals surface area contributed by atoms with Gasteiger partial charge in [-0.2, -0.15) is 8.61 Å². The standard InChI is InChI=1S/C23H29ClN4O4S2.C22H27ClN4O2S/c1-33(29,30)26-10-3-5-17-15-18-16-19(24)7-8-21(18)23(22-20(17)6-4-9-25-22)27-11-13-28(14-12-27)34(2,31)32;1-30(28,29)27-12-10-26(11-13-27)22-20-7-6-18(23)15-17(20)14-16(4-2-8-24)19-5-3-9-25-21(19)22/h4,6-9,15-16,23,26H,3,5,10-14H2,1-2H3;3,5-7,9,14-15,22H,2,4,8,10-13,24H2,1H3. The SMILES string of the molecule is CS(=O)(=O)N1CCN(C2c3ccc(Cl)cc3C=C(CCCN)c3cccnc32)CC1.CS(=O)(=O)NCCCC1=Cc2cc(Cl)ccc2C(N2CCN(S(C)(=O)=O)CC2)c2ncccc21. The Morgan fingerprint density at radius 1 is 0.625 bits per heavy atom. The molecule has 2 fully saturated rings. The van der Waals surface area contributed by atoms with Gasteiger partial charge in [-0.25, -0.2) is 30.0 Å². The first kappa shape index (κ1) is 48.3. The highest BCUT2D eigenvalue weighted by Gasteiger charge is 2.36. The van der Waals surface area contributed by atoms with Crippen LogP contribution in [0.5, 0.6) is 0 Å². The Bertz CT molecular complexity index is 2740. The van der Waals surface area contributed by atoms with Crippen molar-refractivity contribution in [1.82, 2.24) is 33.1 Å². The molecule has 8 rings (SSSR count). The van der Waals surface area contributed by atoms with Gasteiger partial charge in [0, 0.05) is 92.5 Å². The second-order valence-corrected chi connectivity index (χ2v) is 23.3. The lowest BCUT2D eigenvalue weighted by atomic mass is 9.95. The first-order chi connectivity index (χ1) is 30.4. The van der Waals surface area contributed by atoms with E-state index in [1.165, 1.54) is 22.4 Å². The van der Waals surface area contributed by atoms with Crippen molar-refractivity contribution in [1.29, 1.82) is 0 Å². The number of hydrogen-bond donors (Lipinski definition) is 2. The second-order valence-electron chi connectivity index (χ2n) is 16.6. The van der Waals surface area contributed by atoms with Crippen molar-refractivity contribution in [3.8, 4) is 0 Å². The maximum absolute atomic E-state index is 12.0. The highest BCUT2D eigenvalue weighted by molar-refractivity contribution is 7.89. The summed E-state index contributed by atoms with van der Waals surface area (Å²) in [7, 11) is -9.65. The van der Waals surface area contributed by atoms with Gasteiger partial charge in [-0.15, -0.1) is 0 Å². The number of benzene rings is 2. The smallest absolute Gasteiger partial charge is 0.211 e. The third-order valence-corrected chi connectivity index (χ3v) is 15.9. The fraction of sp³-hybridized carbons (Fsp3) is 0.422. The van der Waals surface area contributed by atoms with Crippen LogP contribution >= 0.6 is 23.2 Å². The molecule has 0 spiro atoms. The molecule has 2 aliphatic carbocycles. The summed E-state index contributed by atoms with van der Waals surface area (Å²) in [5.41, 5.74) is 16.4. The van der Waals surface area contributed by atoms with Gasteiger partial charge in [0.1, 0.15) is 0 Å². The summed E-state index contributed by atoms with van der Waals surface area (Å²) in [6, 6.07) is 19.7. The van der Waals surface area contributed by atoms with Crippen LogP contribution in [-0.4, -0.2) is 138 Å². The van der Waals surface area contributed by atoms with Crippen molar-refractivity contribution < 1.29 is 25.3 Å². The maximum Gasteiger partial charge on any atom is 0.211 e. The number of nitrogens with one attached hydrogen (secondary N) is 1. The Kier molecular flexibility index (Phi) is 15.5. The lowest BCUT2D eigenvalue weighted by Gasteiger charge is -2.39. The summed E-state index contributed by atoms with van der Waals surface area (Å²) in [6.45, 7) is 5.27. The van der Waals surface area contributed by atoms with Crippen molar-refractivity contribution in [2.24, 2.45) is 5.73 Å². The molecule has 19 heteroatoms. The van der Waals surface area contributed by atoms with E-state index in [1.807, 2.05) is 54.7 Å². The Hall–Kier alpha value is -3.59. The van der Waals surface area contributed by atoms with Crippen LogP contribution < -0.4 is 10.5 Å². The monoisotopic (exact) mass is 970 g/mol. The molecular formula is C45H56Cl2N8O6S3. The van der Waals surface area contributed by atoms with Gasteiger partial charge in [0.2, 0.25) is 30.1 Å². The summed E-state index contributed by atoms with van der Waals surface area (Å²) < 4.78 is 76.5. The van der Waals surface area contributed by atoms with Gasteiger partial charge in [-0.1, -0.05) is 59.6 Å². The molecule has 4 heterocycles. The average molecular weight is 972 g/mol. The number of fused-ring (bicyclic) bond motifs is 4. The maximum atomic E-state index is 12.0. The molecule has 2 saturated heterocycles. The predicted molar refractivity (Wildman–Crippen MR) is 257 cm³/mol. The molecule has 14 nitrogen and oxygen atoms in total. The number of rotatable bonds is 12. The summed E-state index contributed by atoms with van der Waals surface area (Å²) >= 11 is 12.7. The average Bonchev–Trinajstić information content (AvgIpc) is 3.47. The molecule has 344 valence electrons. The Morgan fingerprint density at radius 3 is 1.44 bits per heavy atom. The van der Waals surface area contributed by atoms with E-state index in [0.717, 1.165) is 69.4 Å². The summed E-state index contributed by atoms with van der Waals surface area (Å²) in [5.74, 6) is 0. The van der Waals surface area contributed by atoms with Crippen molar-refractivity contribution in [2.45, 2.75) is 37.8 Å². The zero-order chi connectivity index (χ0) is 45.8. The molecule has 4 aromatic rings. The molecule has 2 aromatic carbocycles. The Morgan fingerprint density at radius 2 is 1.05 bits per heavy atom. The largest absolute Gasteiger partial charge is 0.330 e. The summed E-state index contributed by atoms with van der Waals surface area (Å²) in [6.07, 6.45) is 14.7. The van der Waals surface area contributed by atoms with Gasteiger partial charge in [-0.05, 0) is 102 Å². The minimum atomic E-state index is -3.24. The number of piperazine rings is 2. The molecule has 2 unspecified atom stereocenters. The molecule has 4 aliphatic rings. The molecule has 3 N–H and O–H groups in total. The highest BCUT2D eigenvalue weighted by atomic mass is 35.5. The van der Waals surface area contributed by atoms with Crippen LogP contribution in [0, 0.1) is 0 Å². The molecule has 2 aliphatic heterocycles. The zero-order valence-corrected chi connectivity index (χ0v) is 40.3. The summed E-state index contributed by atoms with van der Waals surface area (Å²) in [4.78, 5) is 14.2. The van der Waals surface area contributed by atoms with Crippen LogP contribution in [0.25, 0.3) is 23.3 Å². The van der Waals surface area contributed by atoms with Crippen molar-refractivity contribution in [3.05, 3.63) is 128 Å². The molecule has 2 atom stereocenters. The van der Waals surface area contributed by atoms with Crippen molar-refractivity contribution >= 4 is 76.6 Å². The van der Waals surface area contributed by atoms with Gasteiger partial charge >= 0.3 is 0 Å². The topological polar surface area (TPSA) is 179 Å². The Balaban J connectivity index is 0.000000193. The number of nitrogens with zero attached hydrogens (tertiary/aromatic N) is 6. The molecular weight excluding hydrogens is 916 g/mol. The van der Waals surface area contributed by atoms with Gasteiger partial charge in [0.15, 0.2) is 0 Å². The van der Waals surface area contributed by atoms with Gasteiger partial charge in [0.25, 0.3) is 0 Å². The number of pyridine rings is 2. The number of aromatic nitrogens is 2. The van der Waals surface area contributed by atoms with Crippen LogP contribution in [-0.2, 0) is 30.1 Å². The second kappa shape index (κ2) is 20.5. The van der Waals surface area contributed by atoms with Crippen LogP contribution in [0.3, 0.4) is 0 Å². The van der Waals surface area contributed by atoms with Crippen LogP contribution in [0.1, 0.15) is 82.5 Å². The number of hydrogen-bond acceptors (Lipinski definition) is 11. The Labute approximate surface area is 388 Å². The van der Waals surface area contributed by atoms with Gasteiger partial charge in [0.05, 0.1) is 42.2 Å². The lowest BCUT2D eigenvalue weighted by molar-refractivity contribution is 0.154. The van der Waals surface area contributed by atoms with E-state index in [0.29, 0.717) is 88.3 Å². The molecule has 64 heavy (non-hydrogen) atoms. The number of nitrogens with two attached hydrogens (primary N) is 1. The fourth-order valence-electron chi connectivity index (χ4n) is 9.05. The molecule has 0 bridgehead atoms. The minimum absolute atomic E-state index is 0.0539. The van der Waals surface area contributed by atoms with Crippen LogP contribution in [0.4, 0.5) is 0 Å². The zero-order valence-electron chi connectivity index (χ0n) is 36.3. The van der Waals surface area contributed by atoms with Crippen LogP contribution in [0.15, 0.2) is 73.1 Å². The van der Waals surface area contributed by atoms with Crippen molar-refractivity contribution in [3.63, 3.8) is 0 Å². The fourth-order valence-corrected chi connectivity index (χ4v) is 11.6. The third-order valence-electron chi connectivity index (χ3n) is 12.1. The van der Waals surface area contributed by atoms with E-state index in [9.17, 15) is 25.3 Å². The number of halogens is 2. The van der Waals surface area contributed by atoms with E-state index < -0.39 is 30.1 Å². The highest BCUT2D eigenvalue weighted by Crippen LogP contribution is 2.43. The number of allylic oxidation sites excluding steroid dienone is 2. The van der Waals surface area contributed by atoms with E-state index in [1.54, 1.807) is 10.5 Å². The van der Waals surface area contributed by atoms with E-state index in [2.05, 4.69) is 38.8 Å². The van der Waals surface area contributed by atoms with Gasteiger partial charge in [-0.3, -0.25) is 19.8 Å². The predicted octanol–water partition coefficient (Wildman–Crippen LogP) is 5.58. The van der Waals surface area contributed by atoms with E-state index in [-0.39, 0.29) is 12.1 Å². The van der Waals surface area contributed by atoms with E-state index in [4.69, 9.17) is 38.9 Å². The molecule has 0 amide bonds.